The molecule has 0 saturated carbocycles. The van der Waals surface area contributed by atoms with E-state index in [0.717, 1.165) is 64.9 Å². The SMILES string of the molecule is CN1CCN(Cc2ccc(-c3cc4nccc(Oc5ccc(Nc6nc7c([nH]6)CC(Cl)C=C7)cc5F)c4s3)nc2)CC1. The molecule has 7 rings (SSSR count). The minimum atomic E-state index is -0.489. The summed E-state index contributed by atoms with van der Waals surface area (Å²) in [6.45, 7) is 5.23. The van der Waals surface area contributed by atoms with Gasteiger partial charge in [-0.1, -0.05) is 12.1 Å². The summed E-state index contributed by atoms with van der Waals surface area (Å²) >= 11 is 7.73. The standard InChI is InChI=1S/C31H29ClFN7OS/c1-39-10-12-40(13-11-39)18-19-2-5-24(35-17-19)29-16-26-30(42-29)28(8-9-34-26)41-27-7-4-21(15-22(27)33)36-31-37-23-6-3-20(32)14-25(23)38-31/h2-9,15-17,20H,10-14,18H2,1H3,(H2,36,37,38). The third-order valence-electron chi connectivity index (χ3n) is 7.54. The number of anilines is 2. The van der Waals surface area contributed by atoms with Crippen LogP contribution in [0.1, 0.15) is 17.0 Å². The van der Waals surface area contributed by atoms with Gasteiger partial charge in [-0.25, -0.2) is 9.37 Å². The first-order chi connectivity index (χ1) is 20.5. The maximum absolute atomic E-state index is 15.2. The topological polar surface area (TPSA) is 82.2 Å². The van der Waals surface area contributed by atoms with Crippen molar-refractivity contribution in [3.63, 3.8) is 0 Å². The maximum Gasteiger partial charge on any atom is 0.205 e. The van der Waals surface area contributed by atoms with E-state index in [2.05, 4.69) is 49.2 Å². The molecule has 0 spiro atoms. The number of hydrogen-bond donors (Lipinski definition) is 2. The van der Waals surface area contributed by atoms with Gasteiger partial charge < -0.3 is 19.9 Å². The Hall–Kier alpha value is -3.83. The number of aromatic amines is 1. The molecule has 2 aliphatic rings. The molecule has 0 amide bonds. The van der Waals surface area contributed by atoms with Gasteiger partial charge in [0, 0.05) is 75.1 Å². The van der Waals surface area contributed by atoms with Crippen LogP contribution in [0, 0.1) is 5.82 Å². The van der Waals surface area contributed by atoms with Gasteiger partial charge in [-0.05, 0) is 43.0 Å². The Bertz CT molecular complexity index is 1760. The molecule has 1 saturated heterocycles. The number of hydrogen-bond acceptors (Lipinski definition) is 8. The maximum atomic E-state index is 15.2. The van der Waals surface area contributed by atoms with Crippen molar-refractivity contribution in [3.8, 4) is 22.1 Å². The number of thiophene rings is 1. The molecule has 1 aromatic carbocycles. The Morgan fingerprint density at radius 1 is 1.10 bits per heavy atom. The Balaban J connectivity index is 1.05. The predicted molar refractivity (Wildman–Crippen MR) is 166 cm³/mol. The summed E-state index contributed by atoms with van der Waals surface area (Å²) in [6, 6.07) is 12.7. The fourth-order valence-electron chi connectivity index (χ4n) is 5.20. The average Bonchev–Trinajstić information content (AvgIpc) is 3.60. The van der Waals surface area contributed by atoms with Crippen molar-refractivity contribution in [2.75, 3.05) is 38.5 Å². The Morgan fingerprint density at radius 2 is 1.98 bits per heavy atom. The number of ether oxygens (including phenoxy) is 1. The van der Waals surface area contributed by atoms with Gasteiger partial charge in [0.1, 0.15) is 5.75 Å². The summed E-state index contributed by atoms with van der Waals surface area (Å²) in [4.78, 5) is 22.8. The summed E-state index contributed by atoms with van der Waals surface area (Å²) in [5.41, 5.74) is 5.21. The van der Waals surface area contributed by atoms with Gasteiger partial charge in [0.2, 0.25) is 5.95 Å². The molecule has 0 bridgehead atoms. The zero-order valence-electron chi connectivity index (χ0n) is 23.0. The van der Waals surface area contributed by atoms with Gasteiger partial charge in [-0.15, -0.1) is 22.9 Å². The summed E-state index contributed by atoms with van der Waals surface area (Å²) in [5, 5.41) is 3.07. The lowest BCUT2D eigenvalue weighted by atomic mass is 10.1. The fraction of sp³-hybridized carbons (Fsp3) is 0.258. The largest absolute Gasteiger partial charge is 0.453 e. The molecular weight excluding hydrogens is 573 g/mol. The quantitative estimate of drug-likeness (QED) is 0.201. The minimum absolute atomic E-state index is 0.0622. The van der Waals surface area contributed by atoms with E-state index in [1.54, 1.807) is 24.4 Å². The van der Waals surface area contributed by atoms with Crippen molar-refractivity contribution in [2.45, 2.75) is 18.3 Å². The molecule has 5 aromatic rings. The third kappa shape index (κ3) is 5.76. The van der Waals surface area contributed by atoms with Gasteiger partial charge in [0.25, 0.3) is 0 Å². The van der Waals surface area contributed by atoms with Gasteiger partial charge in [0.05, 0.1) is 31.9 Å². The molecule has 4 aromatic heterocycles. The van der Waals surface area contributed by atoms with Crippen LogP contribution in [-0.2, 0) is 13.0 Å². The van der Waals surface area contributed by atoms with E-state index in [4.69, 9.17) is 21.3 Å². The van der Waals surface area contributed by atoms with Gasteiger partial charge in [0.15, 0.2) is 11.6 Å². The number of nitrogens with zero attached hydrogens (tertiary/aromatic N) is 5. The second-order valence-electron chi connectivity index (χ2n) is 10.7. The van der Waals surface area contributed by atoms with E-state index in [1.807, 2.05) is 24.4 Å². The number of H-pyrrole nitrogens is 1. The number of imidazole rings is 1. The molecule has 5 heterocycles. The summed E-state index contributed by atoms with van der Waals surface area (Å²) < 4.78 is 22.1. The highest BCUT2D eigenvalue weighted by atomic mass is 35.5. The summed E-state index contributed by atoms with van der Waals surface area (Å²) in [7, 11) is 2.16. The number of likely N-dealkylation sites (N-methyl/N-ethyl adjacent to an activating group) is 1. The van der Waals surface area contributed by atoms with E-state index >= 15 is 4.39 Å². The minimum Gasteiger partial charge on any atom is -0.453 e. The molecule has 8 nitrogen and oxygen atoms in total. The number of nitrogens with one attached hydrogen (secondary N) is 2. The van der Waals surface area contributed by atoms with E-state index in [1.165, 1.54) is 23.0 Å². The van der Waals surface area contributed by atoms with Crippen molar-refractivity contribution < 1.29 is 9.13 Å². The molecule has 1 aliphatic heterocycles. The van der Waals surface area contributed by atoms with Crippen molar-refractivity contribution in [2.24, 2.45) is 0 Å². The van der Waals surface area contributed by atoms with Crippen molar-refractivity contribution >= 4 is 50.9 Å². The van der Waals surface area contributed by atoms with E-state index in [-0.39, 0.29) is 11.1 Å². The molecule has 1 unspecified atom stereocenters. The molecule has 11 heteroatoms. The van der Waals surface area contributed by atoms with Gasteiger partial charge in [-0.2, -0.15) is 0 Å². The Morgan fingerprint density at radius 3 is 2.79 bits per heavy atom. The number of fused-ring (bicyclic) bond motifs is 2. The normalized spacial score (nSPS) is 17.5. The number of allylic oxidation sites excluding steroid dienone is 1. The number of halogens is 2. The van der Waals surface area contributed by atoms with Gasteiger partial charge in [-0.3, -0.25) is 14.9 Å². The van der Waals surface area contributed by atoms with Gasteiger partial charge >= 0.3 is 0 Å². The molecule has 42 heavy (non-hydrogen) atoms. The van der Waals surface area contributed by atoms with Crippen molar-refractivity contribution in [1.82, 2.24) is 29.7 Å². The Labute approximate surface area is 251 Å². The molecule has 1 fully saturated rings. The number of benzene rings is 1. The molecular formula is C31H29ClFN7OS. The first-order valence-electron chi connectivity index (χ1n) is 13.9. The lowest BCUT2D eigenvalue weighted by molar-refractivity contribution is 0.148. The number of pyridine rings is 2. The second-order valence-corrected chi connectivity index (χ2v) is 12.3. The zero-order chi connectivity index (χ0) is 28.6. The Kier molecular flexibility index (Phi) is 7.37. The zero-order valence-corrected chi connectivity index (χ0v) is 24.6. The van der Waals surface area contributed by atoms with Crippen LogP contribution in [-0.4, -0.2) is 68.3 Å². The fourth-order valence-corrected chi connectivity index (χ4v) is 6.47. The number of piperazine rings is 1. The van der Waals surface area contributed by atoms with Crippen LogP contribution in [0.5, 0.6) is 11.5 Å². The highest BCUT2D eigenvalue weighted by Crippen LogP contribution is 2.39. The summed E-state index contributed by atoms with van der Waals surface area (Å²) in [6.07, 6.45) is 8.10. The lowest BCUT2D eigenvalue weighted by Crippen LogP contribution is -2.43. The van der Waals surface area contributed by atoms with Crippen LogP contribution >= 0.6 is 22.9 Å². The highest BCUT2D eigenvalue weighted by molar-refractivity contribution is 7.22. The van der Waals surface area contributed by atoms with Crippen LogP contribution < -0.4 is 10.1 Å². The van der Waals surface area contributed by atoms with Crippen LogP contribution in [0.15, 0.2) is 60.9 Å². The van der Waals surface area contributed by atoms with Crippen LogP contribution in [0.3, 0.4) is 0 Å². The number of alkyl halides is 1. The monoisotopic (exact) mass is 601 g/mol. The first kappa shape index (κ1) is 27.0. The molecule has 2 N–H and O–H groups in total. The van der Waals surface area contributed by atoms with Crippen LogP contribution in [0.25, 0.3) is 26.9 Å². The molecule has 214 valence electrons. The highest BCUT2D eigenvalue weighted by Gasteiger charge is 2.18. The molecule has 1 aliphatic carbocycles. The molecule has 1 atom stereocenters. The summed E-state index contributed by atoms with van der Waals surface area (Å²) in [5.74, 6) is 0.715. The molecule has 0 radical (unpaired) electrons. The van der Waals surface area contributed by atoms with E-state index in [9.17, 15) is 0 Å². The average molecular weight is 602 g/mol. The van der Waals surface area contributed by atoms with Crippen molar-refractivity contribution in [3.05, 3.63) is 83.7 Å². The van der Waals surface area contributed by atoms with Crippen LogP contribution in [0.2, 0.25) is 0 Å². The lowest BCUT2D eigenvalue weighted by Gasteiger charge is -2.32. The van der Waals surface area contributed by atoms with E-state index in [0.29, 0.717) is 23.8 Å². The third-order valence-corrected chi connectivity index (χ3v) is 9.00. The smallest absolute Gasteiger partial charge is 0.205 e. The first-order valence-corrected chi connectivity index (χ1v) is 15.1. The van der Waals surface area contributed by atoms with E-state index < -0.39 is 5.82 Å². The van der Waals surface area contributed by atoms with Crippen molar-refractivity contribution in [1.29, 1.82) is 0 Å². The van der Waals surface area contributed by atoms with Crippen LogP contribution in [0.4, 0.5) is 16.0 Å². The number of rotatable bonds is 7. The number of aromatic nitrogens is 4. The second kappa shape index (κ2) is 11.4. The predicted octanol–water partition coefficient (Wildman–Crippen LogP) is 6.68.